The van der Waals surface area contributed by atoms with E-state index in [-0.39, 0.29) is 11.8 Å². The van der Waals surface area contributed by atoms with Crippen LogP contribution in [0.25, 0.3) is 0 Å². The quantitative estimate of drug-likeness (QED) is 0.416. The second kappa shape index (κ2) is 9.15. The Kier molecular flexibility index (Phi) is 6.90. The van der Waals surface area contributed by atoms with Gasteiger partial charge in [0.1, 0.15) is 0 Å². The van der Waals surface area contributed by atoms with E-state index in [1.165, 1.54) is 5.69 Å². The minimum atomic E-state index is 0.0184. The molecule has 1 fully saturated rings. The van der Waals surface area contributed by atoms with Crippen LogP contribution in [0.2, 0.25) is 0 Å². The van der Waals surface area contributed by atoms with Gasteiger partial charge in [-0.2, -0.15) is 0 Å². The molecule has 24 heavy (non-hydrogen) atoms. The van der Waals surface area contributed by atoms with Gasteiger partial charge in [-0.05, 0) is 18.6 Å². The summed E-state index contributed by atoms with van der Waals surface area (Å²) in [6.45, 7) is 7.05. The number of aliphatic imine (C=N–C) groups is 1. The van der Waals surface area contributed by atoms with Crippen molar-refractivity contribution in [2.45, 2.75) is 26.3 Å². The number of benzene rings is 1. The molecule has 1 atom stereocenters. The molecule has 0 spiro atoms. The molecular formula is C18H29N5O. The summed E-state index contributed by atoms with van der Waals surface area (Å²) in [5, 5.41) is 9.60. The van der Waals surface area contributed by atoms with E-state index < -0.39 is 0 Å². The SMILES string of the molecule is CN=C(NCCNC(=O)C(C)C)NC1CCN(c2ccccc2)C1. The average molecular weight is 331 g/mol. The van der Waals surface area contributed by atoms with Crippen molar-refractivity contribution in [1.82, 2.24) is 16.0 Å². The highest BCUT2D eigenvalue weighted by atomic mass is 16.1. The molecule has 3 N–H and O–H groups in total. The first-order chi connectivity index (χ1) is 11.6. The van der Waals surface area contributed by atoms with Gasteiger partial charge in [0.05, 0.1) is 0 Å². The fourth-order valence-electron chi connectivity index (χ4n) is 2.71. The minimum Gasteiger partial charge on any atom is -0.369 e. The highest BCUT2D eigenvalue weighted by Crippen LogP contribution is 2.19. The van der Waals surface area contributed by atoms with Crippen molar-refractivity contribution in [2.24, 2.45) is 10.9 Å². The maximum absolute atomic E-state index is 11.5. The van der Waals surface area contributed by atoms with E-state index in [1.54, 1.807) is 7.05 Å². The molecule has 0 radical (unpaired) electrons. The second-order valence-electron chi connectivity index (χ2n) is 6.36. The first-order valence-electron chi connectivity index (χ1n) is 8.65. The molecule has 1 saturated heterocycles. The van der Waals surface area contributed by atoms with Crippen molar-refractivity contribution < 1.29 is 4.79 Å². The van der Waals surface area contributed by atoms with Crippen LogP contribution in [-0.2, 0) is 4.79 Å². The maximum Gasteiger partial charge on any atom is 0.222 e. The molecule has 0 aromatic heterocycles. The third-order valence-electron chi connectivity index (χ3n) is 4.12. The summed E-state index contributed by atoms with van der Waals surface area (Å²) in [6, 6.07) is 10.9. The number of anilines is 1. The number of hydrogen-bond acceptors (Lipinski definition) is 3. The highest BCUT2D eigenvalue weighted by molar-refractivity contribution is 5.80. The Morgan fingerprint density at radius 2 is 1.96 bits per heavy atom. The number of hydrogen-bond donors (Lipinski definition) is 3. The van der Waals surface area contributed by atoms with Gasteiger partial charge in [-0.15, -0.1) is 0 Å². The lowest BCUT2D eigenvalue weighted by atomic mass is 10.2. The van der Waals surface area contributed by atoms with E-state index in [2.05, 4.69) is 50.1 Å². The fourth-order valence-corrected chi connectivity index (χ4v) is 2.71. The van der Waals surface area contributed by atoms with Gasteiger partial charge in [0, 0.05) is 50.9 Å². The summed E-state index contributed by atoms with van der Waals surface area (Å²) in [4.78, 5) is 18.2. The number of nitrogens with one attached hydrogen (secondary N) is 3. The highest BCUT2D eigenvalue weighted by Gasteiger charge is 2.23. The van der Waals surface area contributed by atoms with Crippen LogP contribution in [0.1, 0.15) is 20.3 Å². The lowest BCUT2D eigenvalue weighted by molar-refractivity contribution is -0.123. The number of amides is 1. The Morgan fingerprint density at radius 1 is 1.25 bits per heavy atom. The zero-order chi connectivity index (χ0) is 17.4. The van der Waals surface area contributed by atoms with Crippen LogP contribution < -0.4 is 20.9 Å². The summed E-state index contributed by atoms with van der Waals surface area (Å²) in [5.41, 5.74) is 1.26. The summed E-state index contributed by atoms with van der Waals surface area (Å²) in [7, 11) is 1.77. The van der Waals surface area contributed by atoms with E-state index in [0.717, 1.165) is 25.5 Å². The van der Waals surface area contributed by atoms with Gasteiger partial charge in [0.25, 0.3) is 0 Å². The fraction of sp³-hybridized carbons (Fsp3) is 0.556. The summed E-state index contributed by atoms with van der Waals surface area (Å²) >= 11 is 0. The molecule has 6 heteroatoms. The molecule has 2 rings (SSSR count). The monoisotopic (exact) mass is 331 g/mol. The molecule has 132 valence electrons. The van der Waals surface area contributed by atoms with Crippen LogP contribution >= 0.6 is 0 Å². The molecule has 1 heterocycles. The molecule has 1 aromatic carbocycles. The van der Waals surface area contributed by atoms with Crippen LogP contribution in [0.15, 0.2) is 35.3 Å². The number of rotatable bonds is 6. The lowest BCUT2D eigenvalue weighted by Gasteiger charge is -2.20. The van der Waals surface area contributed by atoms with Gasteiger partial charge in [0.2, 0.25) is 5.91 Å². The third kappa shape index (κ3) is 5.44. The van der Waals surface area contributed by atoms with Crippen LogP contribution in [0.5, 0.6) is 0 Å². The molecule has 1 amide bonds. The number of guanidine groups is 1. The summed E-state index contributed by atoms with van der Waals surface area (Å²) in [6.07, 6.45) is 1.08. The van der Waals surface area contributed by atoms with E-state index in [4.69, 9.17) is 0 Å². The molecule has 6 nitrogen and oxygen atoms in total. The van der Waals surface area contributed by atoms with Crippen molar-refractivity contribution in [3.63, 3.8) is 0 Å². The lowest BCUT2D eigenvalue weighted by Crippen LogP contribution is -2.46. The minimum absolute atomic E-state index is 0.0184. The molecule has 1 aromatic rings. The van der Waals surface area contributed by atoms with Crippen LogP contribution in [0.4, 0.5) is 5.69 Å². The Bertz CT molecular complexity index is 544. The molecule has 1 aliphatic rings. The molecule has 1 unspecified atom stereocenters. The van der Waals surface area contributed by atoms with Gasteiger partial charge >= 0.3 is 0 Å². The van der Waals surface area contributed by atoms with E-state index in [0.29, 0.717) is 19.1 Å². The Morgan fingerprint density at radius 3 is 2.62 bits per heavy atom. The van der Waals surface area contributed by atoms with Crippen LogP contribution in [-0.4, -0.2) is 51.1 Å². The van der Waals surface area contributed by atoms with Crippen molar-refractivity contribution in [3.05, 3.63) is 30.3 Å². The largest absolute Gasteiger partial charge is 0.369 e. The van der Waals surface area contributed by atoms with Gasteiger partial charge in [-0.1, -0.05) is 32.0 Å². The first kappa shape index (κ1) is 18.1. The summed E-state index contributed by atoms with van der Waals surface area (Å²) in [5.74, 6) is 0.882. The number of carbonyl (C=O) groups excluding carboxylic acids is 1. The van der Waals surface area contributed by atoms with Crippen LogP contribution in [0.3, 0.4) is 0 Å². The topological polar surface area (TPSA) is 68.8 Å². The molecule has 0 saturated carbocycles. The zero-order valence-corrected chi connectivity index (χ0v) is 14.9. The predicted molar refractivity (Wildman–Crippen MR) is 99.4 cm³/mol. The van der Waals surface area contributed by atoms with Crippen molar-refractivity contribution in [2.75, 3.05) is 38.1 Å². The standard InChI is InChI=1S/C18H29N5O/c1-14(2)17(24)20-10-11-21-18(19-3)22-15-9-12-23(13-15)16-7-5-4-6-8-16/h4-8,14-15H,9-13H2,1-3H3,(H,20,24)(H2,19,21,22). The molecular weight excluding hydrogens is 302 g/mol. The predicted octanol–water partition coefficient (Wildman–Crippen LogP) is 1.20. The second-order valence-corrected chi connectivity index (χ2v) is 6.36. The maximum atomic E-state index is 11.5. The summed E-state index contributed by atoms with van der Waals surface area (Å²) < 4.78 is 0. The van der Waals surface area contributed by atoms with Crippen molar-refractivity contribution in [3.8, 4) is 0 Å². The van der Waals surface area contributed by atoms with Crippen LogP contribution in [0, 0.1) is 5.92 Å². The van der Waals surface area contributed by atoms with Crippen molar-refractivity contribution in [1.29, 1.82) is 0 Å². The Labute approximate surface area is 144 Å². The molecule has 0 aliphatic carbocycles. The molecule has 1 aliphatic heterocycles. The van der Waals surface area contributed by atoms with Gasteiger partial charge in [0.15, 0.2) is 5.96 Å². The number of nitrogens with zero attached hydrogens (tertiary/aromatic N) is 2. The average Bonchev–Trinajstić information content (AvgIpc) is 3.06. The van der Waals surface area contributed by atoms with E-state index >= 15 is 0 Å². The van der Waals surface area contributed by atoms with E-state index in [1.807, 2.05) is 19.9 Å². The van der Waals surface area contributed by atoms with Gasteiger partial charge < -0.3 is 20.9 Å². The smallest absolute Gasteiger partial charge is 0.222 e. The first-order valence-corrected chi connectivity index (χ1v) is 8.65. The molecule has 0 bridgehead atoms. The van der Waals surface area contributed by atoms with Gasteiger partial charge in [-0.3, -0.25) is 9.79 Å². The zero-order valence-electron chi connectivity index (χ0n) is 14.9. The number of para-hydroxylation sites is 1. The third-order valence-corrected chi connectivity index (χ3v) is 4.12. The van der Waals surface area contributed by atoms with Crippen molar-refractivity contribution >= 4 is 17.6 Å². The Balaban J connectivity index is 1.71. The number of carbonyl (C=O) groups is 1. The van der Waals surface area contributed by atoms with E-state index in [9.17, 15) is 4.79 Å². The van der Waals surface area contributed by atoms with Gasteiger partial charge in [-0.25, -0.2) is 0 Å². The normalized spacial score (nSPS) is 17.9. The Hall–Kier alpha value is -2.24.